The number of nitrogens with two attached hydrogens (primary N) is 1. The largest absolute Gasteiger partial charge is 0.398 e. The van der Waals surface area contributed by atoms with E-state index in [1.165, 1.54) is 0 Å². The van der Waals surface area contributed by atoms with E-state index < -0.39 is 6.10 Å². The molecule has 2 rings (SSSR count). The van der Waals surface area contributed by atoms with Gasteiger partial charge in [0.25, 0.3) is 0 Å². The summed E-state index contributed by atoms with van der Waals surface area (Å²) in [4.78, 5) is 0. The fraction of sp³-hybridized carbons (Fsp3) is 0.600. The lowest BCUT2D eigenvalue weighted by Crippen LogP contribution is -2.28. The number of hydrogen-bond acceptors (Lipinski definition) is 4. The van der Waals surface area contributed by atoms with E-state index in [1.807, 2.05) is 18.2 Å². The molecule has 0 heterocycles. The maximum atomic E-state index is 10.1. The molecule has 1 saturated carbocycles. The zero-order valence-corrected chi connectivity index (χ0v) is 11.4. The number of rotatable bonds is 5. The molecule has 3 unspecified atom stereocenters. The first-order chi connectivity index (χ1) is 9.20. The Hall–Kier alpha value is -1.10. The number of nitrogen functional groups attached to an aromatic ring is 1. The van der Waals surface area contributed by atoms with Crippen LogP contribution >= 0.6 is 0 Å². The second kappa shape index (κ2) is 6.89. The molecular weight excluding hydrogens is 242 g/mol. The SMILES string of the molecule is COC1CCCC(OCC(O)c2ccccc2N)C1. The highest BCUT2D eigenvalue weighted by Gasteiger charge is 2.23. The first-order valence-electron chi connectivity index (χ1n) is 6.87. The topological polar surface area (TPSA) is 64.7 Å². The molecule has 106 valence electrons. The second-order valence-corrected chi connectivity index (χ2v) is 5.12. The molecule has 0 spiro atoms. The fourth-order valence-corrected chi connectivity index (χ4v) is 2.60. The van der Waals surface area contributed by atoms with Gasteiger partial charge in [-0.15, -0.1) is 0 Å². The van der Waals surface area contributed by atoms with Crippen LogP contribution in [0.5, 0.6) is 0 Å². The number of aliphatic hydroxyl groups is 1. The molecule has 3 N–H and O–H groups in total. The van der Waals surface area contributed by atoms with Gasteiger partial charge < -0.3 is 20.3 Å². The van der Waals surface area contributed by atoms with Crippen molar-refractivity contribution in [2.75, 3.05) is 19.5 Å². The average molecular weight is 265 g/mol. The lowest BCUT2D eigenvalue weighted by Gasteiger charge is -2.29. The number of anilines is 1. The quantitative estimate of drug-likeness (QED) is 0.802. The minimum Gasteiger partial charge on any atom is -0.398 e. The van der Waals surface area contributed by atoms with E-state index in [1.54, 1.807) is 13.2 Å². The molecule has 1 aliphatic carbocycles. The normalized spacial score (nSPS) is 25.2. The molecule has 0 aromatic heterocycles. The molecule has 0 amide bonds. The van der Waals surface area contributed by atoms with Crippen LogP contribution in [-0.4, -0.2) is 31.0 Å². The highest BCUT2D eigenvalue weighted by molar-refractivity contribution is 5.47. The summed E-state index contributed by atoms with van der Waals surface area (Å²) in [6, 6.07) is 7.36. The minimum absolute atomic E-state index is 0.179. The molecule has 0 saturated heterocycles. The van der Waals surface area contributed by atoms with E-state index >= 15 is 0 Å². The van der Waals surface area contributed by atoms with E-state index in [9.17, 15) is 5.11 Å². The van der Waals surface area contributed by atoms with Crippen LogP contribution in [0.25, 0.3) is 0 Å². The maximum Gasteiger partial charge on any atom is 0.104 e. The summed E-state index contributed by atoms with van der Waals surface area (Å²) in [6.45, 7) is 0.287. The molecule has 1 fully saturated rings. The highest BCUT2D eigenvalue weighted by atomic mass is 16.5. The Bertz CT molecular complexity index is 397. The van der Waals surface area contributed by atoms with Gasteiger partial charge in [-0.3, -0.25) is 0 Å². The van der Waals surface area contributed by atoms with Crippen molar-refractivity contribution >= 4 is 5.69 Å². The molecule has 1 aromatic rings. The van der Waals surface area contributed by atoms with Gasteiger partial charge in [0, 0.05) is 18.4 Å². The number of benzene rings is 1. The van der Waals surface area contributed by atoms with Gasteiger partial charge in [0.1, 0.15) is 6.10 Å². The van der Waals surface area contributed by atoms with Gasteiger partial charge in [0.2, 0.25) is 0 Å². The van der Waals surface area contributed by atoms with E-state index in [4.69, 9.17) is 15.2 Å². The zero-order valence-electron chi connectivity index (χ0n) is 11.4. The number of para-hydroxylation sites is 1. The van der Waals surface area contributed by atoms with E-state index in [2.05, 4.69) is 0 Å². The molecule has 0 radical (unpaired) electrons. The van der Waals surface area contributed by atoms with Crippen LogP contribution in [0.2, 0.25) is 0 Å². The molecule has 0 bridgehead atoms. The third-order valence-corrected chi connectivity index (χ3v) is 3.76. The van der Waals surface area contributed by atoms with E-state index in [-0.39, 0.29) is 18.8 Å². The van der Waals surface area contributed by atoms with E-state index in [0.717, 1.165) is 31.2 Å². The van der Waals surface area contributed by atoms with Gasteiger partial charge in [-0.2, -0.15) is 0 Å². The summed E-state index contributed by atoms with van der Waals surface area (Å²) in [5, 5.41) is 10.1. The van der Waals surface area contributed by atoms with E-state index in [0.29, 0.717) is 5.69 Å². The first kappa shape index (κ1) is 14.3. The predicted octanol–water partition coefficient (Wildman–Crippen LogP) is 2.28. The Balaban J connectivity index is 1.83. The number of aliphatic hydroxyl groups excluding tert-OH is 1. The van der Waals surface area contributed by atoms with Crippen LogP contribution < -0.4 is 5.73 Å². The number of methoxy groups -OCH3 is 1. The van der Waals surface area contributed by atoms with Crippen LogP contribution in [0.4, 0.5) is 5.69 Å². The van der Waals surface area contributed by atoms with Crippen LogP contribution in [-0.2, 0) is 9.47 Å². The summed E-state index contributed by atoms with van der Waals surface area (Å²) < 4.78 is 11.2. The lowest BCUT2D eigenvalue weighted by molar-refractivity contribution is -0.0568. The lowest BCUT2D eigenvalue weighted by atomic mass is 9.95. The smallest absolute Gasteiger partial charge is 0.104 e. The first-order valence-corrected chi connectivity index (χ1v) is 6.87. The van der Waals surface area contributed by atoms with Crippen molar-refractivity contribution in [1.29, 1.82) is 0 Å². The van der Waals surface area contributed by atoms with Gasteiger partial charge in [-0.05, 0) is 31.7 Å². The van der Waals surface area contributed by atoms with Crippen molar-refractivity contribution in [3.05, 3.63) is 29.8 Å². The molecule has 19 heavy (non-hydrogen) atoms. The van der Waals surface area contributed by atoms with Crippen molar-refractivity contribution in [2.24, 2.45) is 0 Å². The van der Waals surface area contributed by atoms with Gasteiger partial charge in [0.15, 0.2) is 0 Å². The van der Waals surface area contributed by atoms with Crippen LogP contribution in [0.15, 0.2) is 24.3 Å². The second-order valence-electron chi connectivity index (χ2n) is 5.12. The predicted molar refractivity (Wildman–Crippen MR) is 74.8 cm³/mol. The summed E-state index contributed by atoms with van der Waals surface area (Å²) >= 11 is 0. The highest BCUT2D eigenvalue weighted by Crippen LogP contribution is 2.25. The zero-order chi connectivity index (χ0) is 13.7. The maximum absolute atomic E-state index is 10.1. The molecule has 4 nitrogen and oxygen atoms in total. The summed E-state index contributed by atoms with van der Waals surface area (Å²) in [6.07, 6.45) is 3.97. The fourth-order valence-electron chi connectivity index (χ4n) is 2.60. The van der Waals surface area contributed by atoms with Crippen molar-refractivity contribution in [1.82, 2.24) is 0 Å². The van der Waals surface area contributed by atoms with Crippen molar-refractivity contribution in [3.8, 4) is 0 Å². The van der Waals surface area contributed by atoms with Gasteiger partial charge in [-0.1, -0.05) is 18.2 Å². The van der Waals surface area contributed by atoms with Crippen molar-refractivity contribution in [2.45, 2.75) is 44.0 Å². The summed E-state index contributed by atoms with van der Waals surface area (Å²) in [5.74, 6) is 0. The molecule has 0 aliphatic heterocycles. The Morgan fingerprint density at radius 2 is 2.05 bits per heavy atom. The number of hydrogen-bond donors (Lipinski definition) is 2. The Morgan fingerprint density at radius 3 is 2.79 bits per heavy atom. The average Bonchev–Trinajstić information content (AvgIpc) is 2.45. The summed E-state index contributed by atoms with van der Waals surface area (Å²) in [7, 11) is 1.74. The third kappa shape index (κ3) is 3.93. The Kier molecular flexibility index (Phi) is 5.19. The molecule has 1 aromatic carbocycles. The Morgan fingerprint density at radius 1 is 1.32 bits per heavy atom. The molecule has 3 atom stereocenters. The van der Waals surface area contributed by atoms with Crippen LogP contribution in [0, 0.1) is 0 Å². The monoisotopic (exact) mass is 265 g/mol. The van der Waals surface area contributed by atoms with Gasteiger partial charge in [-0.25, -0.2) is 0 Å². The standard InChI is InChI=1S/C15H23NO3/c1-18-11-5-4-6-12(9-11)19-10-15(17)13-7-2-3-8-14(13)16/h2-3,7-8,11-12,15,17H,4-6,9-10,16H2,1H3. The third-order valence-electron chi connectivity index (χ3n) is 3.76. The van der Waals surface area contributed by atoms with Crippen molar-refractivity contribution in [3.63, 3.8) is 0 Å². The summed E-state index contributed by atoms with van der Waals surface area (Å²) in [5.41, 5.74) is 7.18. The van der Waals surface area contributed by atoms with Gasteiger partial charge >= 0.3 is 0 Å². The molecule has 1 aliphatic rings. The minimum atomic E-state index is -0.663. The van der Waals surface area contributed by atoms with Crippen molar-refractivity contribution < 1.29 is 14.6 Å². The molecular formula is C15H23NO3. The molecule has 4 heteroatoms. The van der Waals surface area contributed by atoms with Crippen LogP contribution in [0.3, 0.4) is 0 Å². The van der Waals surface area contributed by atoms with Gasteiger partial charge in [0.05, 0.1) is 18.8 Å². The Labute approximate surface area is 114 Å². The van der Waals surface area contributed by atoms with Crippen LogP contribution in [0.1, 0.15) is 37.4 Å². The number of ether oxygens (including phenoxy) is 2.